The summed E-state index contributed by atoms with van der Waals surface area (Å²) in [5.41, 5.74) is 0. The van der Waals surface area contributed by atoms with E-state index in [1.165, 1.54) is 0 Å². The predicted molar refractivity (Wildman–Crippen MR) is 57.3 cm³/mol. The van der Waals surface area contributed by atoms with E-state index >= 15 is 0 Å². The molecule has 0 atom stereocenters. The van der Waals surface area contributed by atoms with Gasteiger partial charge in [0.05, 0.1) is 7.11 Å². The molecule has 0 fully saturated rings. The SMILES string of the molecule is COc1cc(Oc2ccccc2)ccn1. The molecule has 0 spiro atoms. The Kier molecular flexibility index (Phi) is 2.83. The summed E-state index contributed by atoms with van der Waals surface area (Å²) >= 11 is 0. The Bertz CT molecular complexity index is 429. The standard InChI is InChI=1S/C12H11NO2/c1-14-12-9-11(7-8-13-12)15-10-5-3-2-4-6-10/h2-9H,1H3. The maximum Gasteiger partial charge on any atom is 0.216 e. The lowest BCUT2D eigenvalue weighted by atomic mass is 10.3. The summed E-state index contributed by atoms with van der Waals surface area (Å²) in [5.74, 6) is 2.06. The van der Waals surface area contributed by atoms with E-state index in [0.29, 0.717) is 11.6 Å². The molecule has 0 saturated heterocycles. The van der Waals surface area contributed by atoms with Gasteiger partial charge in [0.1, 0.15) is 11.5 Å². The average molecular weight is 201 g/mol. The molecule has 0 aliphatic carbocycles. The average Bonchev–Trinajstić information content (AvgIpc) is 2.31. The van der Waals surface area contributed by atoms with Crippen LogP contribution in [0.1, 0.15) is 0 Å². The van der Waals surface area contributed by atoms with E-state index in [1.807, 2.05) is 30.3 Å². The monoisotopic (exact) mass is 201 g/mol. The van der Waals surface area contributed by atoms with Gasteiger partial charge in [-0.3, -0.25) is 0 Å². The molecule has 3 nitrogen and oxygen atoms in total. The lowest BCUT2D eigenvalue weighted by Crippen LogP contribution is -1.88. The third-order valence-corrected chi connectivity index (χ3v) is 1.89. The van der Waals surface area contributed by atoms with E-state index in [9.17, 15) is 0 Å². The van der Waals surface area contributed by atoms with Crippen molar-refractivity contribution < 1.29 is 9.47 Å². The van der Waals surface area contributed by atoms with Crippen molar-refractivity contribution >= 4 is 0 Å². The Morgan fingerprint density at radius 1 is 1.00 bits per heavy atom. The Balaban J connectivity index is 2.17. The maximum absolute atomic E-state index is 5.60. The summed E-state index contributed by atoms with van der Waals surface area (Å²) in [6.45, 7) is 0. The summed E-state index contributed by atoms with van der Waals surface area (Å²) < 4.78 is 10.6. The number of aromatic nitrogens is 1. The molecular weight excluding hydrogens is 190 g/mol. The van der Waals surface area contributed by atoms with E-state index in [-0.39, 0.29) is 0 Å². The summed E-state index contributed by atoms with van der Waals surface area (Å²) in [6, 6.07) is 13.1. The van der Waals surface area contributed by atoms with E-state index in [0.717, 1.165) is 5.75 Å². The van der Waals surface area contributed by atoms with Gasteiger partial charge in [0.15, 0.2) is 0 Å². The Morgan fingerprint density at radius 3 is 2.53 bits per heavy atom. The summed E-state index contributed by atoms with van der Waals surface area (Å²) in [4.78, 5) is 4.00. The molecule has 2 aromatic rings. The number of rotatable bonds is 3. The molecule has 0 N–H and O–H groups in total. The third-order valence-electron chi connectivity index (χ3n) is 1.89. The van der Waals surface area contributed by atoms with Crippen LogP contribution in [0.4, 0.5) is 0 Å². The number of methoxy groups -OCH3 is 1. The molecule has 0 unspecified atom stereocenters. The number of ether oxygens (including phenoxy) is 2. The highest BCUT2D eigenvalue weighted by molar-refractivity contribution is 5.32. The lowest BCUT2D eigenvalue weighted by Gasteiger charge is -2.05. The number of para-hydroxylation sites is 1. The van der Waals surface area contributed by atoms with Gasteiger partial charge < -0.3 is 9.47 Å². The molecule has 0 bridgehead atoms. The van der Waals surface area contributed by atoms with E-state index in [4.69, 9.17) is 9.47 Å². The first kappa shape index (κ1) is 9.52. The maximum atomic E-state index is 5.60. The molecule has 0 amide bonds. The first-order valence-corrected chi connectivity index (χ1v) is 4.61. The lowest BCUT2D eigenvalue weighted by molar-refractivity contribution is 0.392. The minimum Gasteiger partial charge on any atom is -0.481 e. The van der Waals surface area contributed by atoms with E-state index < -0.39 is 0 Å². The quantitative estimate of drug-likeness (QED) is 0.765. The van der Waals surface area contributed by atoms with Gasteiger partial charge in [-0.15, -0.1) is 0 Å². The highest BCUT2D eigenvalue weighted by Crippen LogP contribution is 2.22. The number of benzene rings is 1. The smallest absolute Gasteiger partial charge is 0.216 e. The molecule has 76 valence electrons. The molecule has 1 heterocycles. The normalized spacial score (nSPS) is 9.67. The second-order valence-corrected chi connectivity index (χ2v) is 2.95. The molecule has 0 radical (unpaired) electrons. The van der Waals surface area contributed by atoms with Gasteiger partial charge in [0.2, 0.25) is 5.88 Å². The van der Waals surface area contributed by atoms with Crippen molar-refractivity contribution in [1.82, 2.24) is 4.98 Å². The van der Waals surface area contributed by atoms with E-state index in [2.05, 4.69) is 4.98 Å². The highest BCUT2D eigenvalue weighted by atomic mass is 16.5. The molecule has 1 aromatic heterocycles. The summed E-state index contributed by atoms with van der Waals surface area (Å²) in [6.07, 6.45) is 1.65. The van der Waals surface area contributed by atoms with Crippen LogP contribution >= 0.6 is 0 Å². The summed E-state index contributed by atoms with van der Waals surface area (Å²) in [7, 11) is 1.58. The first-order chi connectivity index (χ1) is 7.38. The van der Waals surface area contributed by atoms with Crippen LogP contribution in [-0.2, 0) is 0 Å². The van der Waals surface area contributed by atoms with Crippen LogP contribution in [0.2, 0.25) is 0 Å². The Morgan fingerprint density at radius 2 is 1.80 bits per heavy atom. The molecular formula is C12H11NO2. The molecule has 0 aliphatic heterocycles. The van der Waals surface area contributed by atoms with Gasteiger partial charge in [-0.1, -0.05) is 18.2 Å². The number of pyridine rings is 1. The van der Waals surface area contributed by atoms with Crippen LogP contribution in [0, 0.1) is 0 Å². The molecule has 15 heavy (non-hydrogen) atoms. The van der Waals surface area contributed by atoms with Gasteiger partial charge in [0.25, 0.3) is 0 Å². The largest absolute Gasteiger partial charge is 0.481 e. The minimum atomic E-state index is 0.545. The zero-order valence-electron chi connectivity index (χ0n) is 8.38. The predicted octanol–water partition coefficient (Wildman–Crippen LogP) is 2.88. The fraction of sp³-hybridized carbons (Fsp3) is 0.0833. The van der Waals surface area contributed by atoms with Gasteiger partial charge in [-0.05, 0) is 18.2 Å². The minimum absolute atomic E-state index is 0.545. The van der Waals surface area contributed by atoms with Crippen molar-refractivity contribution in [2.24, 2.45) is 0 Å². The van der Waals surface area contributed by atoms with Crippen LogP contribution in [0.25, 0.3) is 0 Å². The molecule has 0 saturated carbocycles. The van der Waals surface area contributed by atoms with Gasteiger partial charge >= 0.3 is 0 Å². The number of hydrogen-bond acceptors (Lipinski definition) is 3. The molecule has 3 heteroatoms. The highest BCUT2D eigenvalue weighted by Gasteiger charge is 1.98. The summed E-state index contributed by atoms with van der Waals surface area (Å²) in [5, 5.41) is 0. The van der Waals surface area contributed by atoms with E-state index in [1.54, 1.807) is 25.4 Å². The van der Waals surface area contributed by atoms with Crippen LogP contribution in [0.3, 0.4) is 0 Å². The van der Waals surface area contributed by atoms with Crippen LogP contribution in [0.5, 0.6) is 17.4 Å². The second kappa shape index (κ2) is 4.46. The van der Waals surface area contributed by atoms with Gasteiger partial charge in [0, 0.05) is 12.3 Å². The molecule has 0 aliphatic rings. The Hall–Kier alpha value is -2.03. The zero-order chi connectivity index (χ0) is 10.5. The van der Waals surface area contributed by atoms with Gasteiger partial charge in [-0.25, -0.2) is 4.98 Å². The first-order valence-electron chi connectivity index (χ1n) is 4.61. The Labute approximate surface area is 88.3 Å². The third kappa shape index (κ3) is 2.47. The topological polar surface area (TPSA) is 31.4 Å². The van der Waals surface area contributed by atoms with Crippen LogP contribution in [-0.4, -0.2) is 12.1 Å². The van der Waals surface area contributed by atoms with Crippen molar-refractivity contribution in [3.63, 3.8) is 0 Å². The van der Waals surface area contributed by atoms with Crippen molar-refractivity contribution in [2.45, 2.75) is 0 Å². The fourth-order valence-electron chi connectivity index (χ4n) is 1.19. The number of hydrogen-bond donors (Lipinski definition) is 0. The second-order valence-electron chi connectivity index (χ2n) is 2.95. The molecule has 1 aromatic carbocycles. The van der Waals surface area contributed by atoms with Crippen molar-refractivity contribution in [3.05, 3.63) is 48.7 Å². The number of nitrogens with zero attached hydrogens (tertiary/aromatic N) is 1. The van der Waals surface area contributed by atoms with Crippen LogP contribution in [0.15, 0.2) is 48.7 Å². The fourth-order valence-corrected chi connectivity index (χ4v) is 1.19. The van der Waals surface area contributed by atoms with Crippen LogP contribution < -0.4 is 9.47 Å². The van der Waals surface area contributed by atoms with Crippen molar-refractivity contribution in [3.8, 4) is 17.4 Å². The molecule has 2 rings (SSSR count). The van der Waals surface area contributed by atoms with Gasteiger partial charge in [-0.2, -0.15) is 0 Å². The van der Waals surface area contributed by atoms with Crippen molar-refractivity contribution in [1.29, 1.82) is 0 Å². The van der Waals surface area contributed by atoms with Crippen molar-refractivity contribution in [2.75, 3.05) is 7.11 Å². The zero-order valence-corrected chi connectivity index (χ0v) is 8.38.